The van der Waals surface area contributed by atoms with Crippen molar-refractivity contribution in [3.05, 3.63) is 84.3 Å². The van der Waals surface area contributed by atoms with Crippen molar-refractivity contribution in [3.8, 4) is 0 Å². The highest BCUT2D eigenvalue weighted by atomic mass is 16.5. The van der Waals surface area contributed by atoms with E-state index in [0.29, 0.717) is 81.4 Å². The van der Waals surface area contributed by atoms with Gasteiger partial charge in [0.1, 0.15) is 17.1 Å². The number of imide groups is 1. The zero-order valence-corrected chi connectivity index (χ0v) is 23.0. The lowest BCUT2D eigenvalue weighted by Crippen LogP contribution is -2.30. The Morgan fingerprint density at radius 3 is 1.95 bits per heavy atom. The minimum atomic E-state index is -0.424. The Morgan fingerprint density at radius 1 is 0.714 bits per heavy atom. The average molecular weight is 567 g/mol. The molecule has 0 fully saturated rings. The fourth-order valence-corrected chi connectivity index (χ4v) is 5.77. The molecule has 0 aromatic carbocycles. The third-order valence-electron chi connectivity index (χ3n) is 7.75. The summed E-state index contributed by atoms with van der Waals surface area (Å²) < 4.78 is 21.4. The Morgan fingerprint density at radius 2 is 1.33 bits per heavy atom. The van der Waals surface area contributed by atoms with Gasteiger partial charge in [0.15, 0.2) is 0 Å². The van der Waals surface area contributed by atoms with Crippen molar-refractivity contribution in [2.24, 2.45) is 0 Å². The molecule has 1 N–H and O–H groups in total. The fraction of sp³-hybridized carbons (Fsp3) is 0.290. The Labute approximate surface area is 241 Å². The van der Waals surface area contributed by atoms with Crippen molar-refractivity contribution in [1.82, 2.24) is 29.3 Å². The maximum absolute atomic E-state index is 13.4. The molecule has 2 aliphatic rings. The predicted molar refractivity (Wildman–Crippen MR) is 155 cm³/mol. The second-order valence-corrected chi connectivity index (χ2v) is 10.3. The molecular formula is C31H30N6O5. The van der Waals surface area contributed by atoms with Crippen LogP contribution in [-0.2, 0) is 38.7 Å². The van der Waals surface area contributed by atoms with Crippen LogP contribution in [0.5, 0.6) is 0 Å². The molecule has 5 aromatic rings. The lowest BCUT2D eigenvalue weighted by Gasteiger charge is -2.21. The first-order chi connectivity index (χ1) is 20.7. The Kier molecular flexibility index (Phi) is 7.12. The minimum Gasteiger partial charge on any atom is -0.468 e. The first kappa shape index (κ1) is 26.3. The molecule has 214 valence electrons. The first-order valence-electron chi connectivity index (χ1n) is 14.1. The van der Waals surface area contributed by atoms with Gasteiger partial charge >= 0.3 is 0 Å². The van der Waals surface area contributed by atoms with Crippen molar-refractivity contribution in [3.63, 3.8) is 0 Å². The summed E-state index contributed by atoms with van der Waals surface area (Å²) in [6, 6.07) is 11.4. The Bertz CT molecular complexity index is 1800. The van der Waals surface area contributed by atoms with E-state index >= 15 is 0 Å². The van der Waals surface area contributed by atoms with Gasteiger partial charge in [0.25, 0.3) is 11.8 Å². The third kappa shape index (κ3) is 4.91. The van der Waals surface area contributed by atoms with Gasteiger partial charge in [0.05, 0.1) is 50.4 Å². The zero-order valence-electron chi connectivity index (χ0n) is 23.0. The number of carbonyl (C=O) groups excluding carboxylic acids is 2. The van der Waals surface area contributed by atoms with Crippen LogP contribution in [0, 0.1) is 0 Å². The molecule has 0 saturated heterocycles. The first-order valence-corrected chi connectivity index (χ1v) is 14.1. The van der Waals surface area contributed by atoms with E-state index in [0.717, 1.165) is 27.8 Å². The molecule has 7 rings (SSSR count). The molecular weight excluding hydrogens is 536 g/mol. The second-order valence-electron chi connectivity index (χ2n) is 10.3. The van der Waals surface area contributed by atoms with Crippen molar-refractivity contribution in [2.45, 2.75) is 19.6 Å². The van der Waals surface area contributed by atoms with Gasteiger partial charge in [-0.05, 0) is 36.4 Å². The number of hydrogen-bond donors (Lipinski definition) is 1. The van der Waals surface area contributed by atoms with Crippen LogP contribution in [0.4, 0.5) is 0 Å². The normalized spacial score (nSPS) is 17.7. The monoisotopic (exact) mass is 566 g/mol. The molecule has 11 nitrogen and oxygen atoms in total. The number of rotatable bonds is 2. The van der Waals surface area contributed by atoms with E-state index < -0.39 is 11.8 Å². The van der Waals surface area contributed by atoms with Gasteiger partial charge < -0.3 is 23.0 Å². The molecule has 11 heteroatoms. The molecule has 0 unspecified atom stereocenters. The molecule has 7 heterocycles. The van der Waals surface area contributed by atoms with Crippen LogP contribution in [0.15, 0.2) is 71.9 Å². The van der Waals surface area contributed by atoms with Gasteiger partial charge in [-0.15, -0.1) is 0 Å². The predicted octanol–water partition coefficient (Wildman–Crippen LogP) is 3.10. The van der Waals surface area contributed by atoms with E-state index in [9.17, 15) is 9.59 Å². The number of fused-ring (bicyclic) bond motifs is 12. The summed E-state index contributed by atoms with van der Waals surface area (Å²) >= 11 is 0. The lowest BCUT2D eigenvalue weighted by atomic mass is 9.96. The number of furan rings is 1. The molecule has 42 heavy (non-hydrogen) atoms. The van der Waals surface area contributed by atoms with E-state index in [4.69, 9.17) is 13.9 Å². The summed E-state index contributed by atoms with van der Waals surface area (Å²) in [5.74, 6) is 0.0251. The van der Waals surface area contributed by atoms with E-state index in [2.05, 4.69) is 20.2 Å². The average Bonchev–Trinajstić information content (AvgIpc) is 3.78. The molecule has 2 aliphatic heterocycles. The quantitative estimate of drug-likeness (QED) is 0.324. The van der Waals surface area contributed by atoms with E-state index in [-0.39, 0.29) is 0 Å². The maximum atomic E-state index is 13.4. The standard InChI is InChI=1S/C31H30N6O5/c38-30-26-24-19-36(28-22(24)5-1-7-32-28)10-9-35(18-21-4-3-13-42-21)11-14-40-16-17-41-15-12-37-20-25(27(26)31(39)34-30)23-6-2-8-33-29(23)37/h1-8,13,19-20H,9-12,14-18H2,(H,34,38,39). The van der Waals surface area contributed by atoms with Crippen molar-refractivity contribution >= 4 is 45.0 Å². The van der Waals surface area contributed by atoms with Gasteiger partial charge in [0, 0.05) is 72.9 Å². The molecule has 2 amide bonds. The molecule has 0 atom stereocenters. The van der Waals surface area contributed by atoms with Crippen LogP contribution in [-0.4, -0.2) is 75.3 Å². The van der Waals surface area contributed by atoms with E-state index in [1.54, 1.807) is 18.7 Å². The summed E-state index contributed by atoms with van der Waals surface area (Å²) in [5.41, 5.74) is 3.48. The summed E-state index contributed by atoms with van der Waals surface area (Å²) in [7, 11) is 0. The van der Waals surface area contributed by atoms with E-state index in [1.165, 1.54) is 0 Å². The number of nitrogens with zero attached hydrogens (tertiary/aromatic N) is 5. The number of hydrogen-bond acceptors (Lipinski definition) is 8. The van der Waals surface area contributed by atoms with Gasteiger partial charge in [0.2, 0.25) is 0 Å². The number of pyridine rings is 2. The van der Waals surface area contributed by atoms with E-state index in [1.807, 2.05) is 57.9 Å². The number of carbonyl (C=O) groups is 2. The van der Waals surface area contributed by atoms with Gasteiger partial charge in [-0.1, -0.05) is 0 Å². The van der Waals surface area contributed by atoms with Crippen LogP contribution in [0.25, 0.3) is 33.2 Å². The Hall–Kier alpha value is -4.58. The number of ether oxygens (including phenoxy) is 2. The molecule has 0 radical (unpaired) electrons. The van der Waals surface area contributed by atoms with Gasteiger partial charge in [-0.25, -0.2) is 9.97 Å². The highest BCUT2D eigenvalue weighted by Crippen LogP contribution is 2.38. The van der Waals surface area contributed by atoms with Crippen LogP contribution in [0.3, 0.4) is 0 Å². The van der Waals surface area contributed by atoms with Gasteiger partial charge in [-0.3, -0.25) is 19.8 Å². The Balaban J connectivity index is 1.35. The largest absolute Gasteiger partial charge is 0.468 e. The highest BCUT2D eigenvalue weighted by molar-refractivity contribution is 6.50. The number of nitrogens with one attached hydrogen (secondary N) is 1. The van der Waals surface area contributed by atoms with Crippen molar-refractivity contribution in [1.29, 1.82) is 0 Å². The minimum absolute atomic E-state index is 0.339. The summed E-state index contributed by atoms with van der Waals surface area (Å²) in [6.45, 7) is 5.12. The van der Waals surface area contributed by atoms with Crippen molar-refractivity contribution in [2.75, 3.05) is 39.5 Å². The second kappa shape index (κ2) is 11.4. The number of aromatic nitrogens is 4. The van der Waals surface area contributed by atoms with Crippen LogP contribution in [0.2, 0.25) is 0 Å². The van der Waals surface area contributed by atoms with Crippen LogP contribution in [0.1, 0.15) is 16.9 Å². The summed E-state index contributed by atoms with van der Waals surface area (Å²) in [5, 5.41) is 4.15. The molecule has 0 aliphatic carbocycles. The molecule has 5 aromatic heterocycles. The smallest absolute Gasteiger partial charge is 0.259 e. The number of amides is 2. The third-order valence-corrected chi connectivity index (χ3v) is 7.75. The SMILES string of the molecule is O=C1NC(=O)C2=C1c1cn(c3ncccc13)CCOCCOCCN(Cc1ccco1)CCn1cc2c2cccnc21. The van der Waals surface area contributed by atoms with Crippen LogP contribution < -0.4 is 5.32 Å². The summed E-state index contributed by atoms with van der Waals surface area (Å²) in [4.78, 5) is 38.3. The van der Waals surface area contributed by atoms with Crippen LogP contribution >= 0.6 is 0 Å². The highest BCUT2D eigenvalue weighted by Gasteiger charge is 2.35. The molecule has 0 saturated carbocycles. The molecule has 0 spiro atoms. The topological polar surface area (TPSA) is 117 Å². The maximum Gasteiger partial charge on any atom is 0.259 e. The lowest BCUT2D eigenvalue weighted by molar-refractivity contribution is -0.122. The van der Waals surface area contributed by atoms with Gasteiger partial charge in [-0.2, -0.15) is 0 Å². The fourth-order valence-electron chi connectivity index (χ4n) is 5.77. The molecule has 4 bridgehead atoms. The van der Waals surface area contributed by atoms with Crippen molar-refractivity contribution < 1.29 is 23.5 Å². The summed E-state index contributed by atoms with van der Waals surface area (Å²) in [6.07, 6.45) is 8.97. The zero-order chi connectivity index (χ0) is 28.5.